The molecule has 1 N–H and O–H groups in total. The van der Waals surface area contributed by atoms with Gasteiger partial charge in [0.15, 0.2) is 16.6 Å². The van der Waals surface area contributed by atoms with Crippen LogP contribution in [-0.4, -0.2) is 23.0 Å². The highest BCUT2D eigenvalue weighted by molar-refractivity contribution is 9.09. The average molecular weight is 409 g/mol. The van der Waals surface area contributed by atoms with Gasteiger partial charge in [-0.2, -0.15) is 0 Å². The zero-order chi connectivity index (χ0) is 17.8. The molecule has 2 aromatic rings. The lowest BCUT2D eigenvalue weighted by molar-refractivity contribution is 0.0950. The maximum Gasteiger partial charge on any atom is 0.253 e. The third-order valence-corrected chi connectivity index (χ3v) is 4.82. The summed E-state index contributed by atoms with van der Waals surface area (Å²) < 4.78 is 24.3. The molecule has 5 nitrogen and oxygen atoms in total. The molecule has 1 heterocycles. The predicted molar refractivity (Wildman–Crippen MR) is 94.4 cm³/mol. The van der Waals surface area contributed by atoms with E-state index in [1.807, 2.05) is 0 Å². The maximum absolute atomic E-state index is 13.7. The van der Waals surface area contributed by atoms with Crippen LogP contribution in [-0.2, 0) is 6.54 Å². The fourth-order valence-corrected chi connectivity index (χ4v) is 3.04. The first-order valence-electron chi connectivity index (χ1n) is 7.93. The quantitative estimate of drug-likeness (QED) is 0.709. The summed E-state index contributed by atoms with van der Waals surface area (Å²) in [5.74, 6) is 0.463. The lowest BCUT2D eigenvalue weighted by atomic mass is 10.2. The van der Waals surface area contributed by atoms with Crippen LogP contribution in [0, 0.1) is 11.7 Å². The van der Waals surface area contributed by atoms with Crippen LogP contribution >= 0.6 is 15.9 Å². The van der Waals surface area contributed by atoms with E-state index in [1.54, 1.807) is 18.3 Å². The first kappa shape index (κ1) is 17.7. The number of halogens is 2. The van der Waals surface area contributed by atoms with Gasteiger partial charge in [-0.05, 0) is 52.5 Å². The summed E-state index contributed by atoms with van der Waals surface area (Å²) in [6.45, 7) is 0.202. The molecule has 1 fully saturated rings. The molecule has 1 amide bonds. The molecule has 1 aromatic carbocycles. The number of ether oxygens (including phenoxy) is 2. The number of amides is 1. The van der Waals surface area contributed by atoms with Gasteiger partial charge in [-0.25, -0.2) is 4.39 Å². The minimum absolute atomic E-state index is 0.0603. The minimum atomic E-state index is -0.463. The van der Waals surface area contributed by atoms with Crippen LogP contribution in [0.15, 0.2) is 36.7 Å². The van der Waals surface area contributed by atoms with E-state index in [2.05, 4.69) is 26.2 Å². The molecular formula is C18H18BrFN2O3. The van der Waals surface area contributed by atoms with Gasteiger partial charge in [0.1, 0.15) is 5.75 Å². The predicted octanol–water partition coefficient (Wildman–Crippen LogP) is 3.67. The van der Waals surface area contributed by atoms with Gasteiger partial charge in [-0.15, -0.1) is 0 Å². The molecule has 1 atom stereocenters. The zero-order valence-electron chi connectivity index (χ0n) is 13.7. The first-order valence-corrected chi connectivity index (χ1v) is 8.85. The Bertz CT molecular complexity index is 768. The van der Waals surface area contributed by atoms with E-state index in [0.717, 1.165) is 12.8 Å². The monoisotopic (exact) mass is 408 g/mol. The van der Waals surface area contributed by atoms with Gasteiger partial charge in [0.25, 0.3) is 5.91 Å². The van der Waals surface area contributed by atoms with E-state index in [4.69, 9.17) is 9.47 Å². The normalized spacial score (nSPS) is 14.7. The summed E-state index contributed by atoms with van der Waals surface area (Å²) in [5.41, 5.74) is 1.03. The Morgan fingerprint density at radius 2 is 2.20 bits per heavy atom. The van der Waals surface area contributed by atoms with Crippen molar-refractivity contribution in [3.63, 3.8) is 0 Å². The number of carbonyl (C=O) groups excluding carboxylic acids is 1. The van der Waals surface area contributed by atoms with Crippen LogP contribution in [0.25, 0.3) is 0 Å². The summed E-state index contributed by atoms with van der Waals surface area (Å²) in [5, 5.41) is 2.68. The van der Waals surface area contributed by atoms with Gasteiger partial charge >= 0.3 is 0 Å². The number of nitrogens with one attached hydrogen (secondary N) is 1. The molecule has 1 saturated carbocycles. The standard InChI is InChI=1S/C18H18BrFN2O3/c1-24-16-5-2-11(6-15(16)20)8-22-18(23)13-7-14(10-21-9-13)25-17(19)12-3-4-12/h2,5-7,9-10,12,17H,3-4,8H2,1H3,(H,22,23). The zero-order valence-corrected chi connectivity index (χ0v) is 15.3. The number of alkyl halides is 1. The van der Waals surface area contributed by atoms with Crippen LogP contribution in [0.2, 0.25) is 0 Å². The molecule has 7 heteroatoms. The highest BCUT2D eigenvalue weighted by Gasteiger charge is 2.31. The number of hydrogen-bond donors (Lipinski definition) is 1. The first-order chi connectivity index (χ1) is 12.1. The Morgan fingerprint density at radius 3 is 2.88 bits per heavy atom. The lowest BCUT2D eigenvalue weighted by Gasteiger charge is -2.12. The lowest BCUT2D eigenvalue weighted by Crippen LogP contribution is -2.23. The molecule has 0 radical (unpaired) electrons. The summed E-state index contributed by atoms with van der Waals surface area (Å²) >= 11 is 3.49. The Kier molecular flexibility index (Phi) is 5.53. The molecule has 0 spiro atoms. The Hall–Kier alpha value is -2.15. The molecule has 1 unspecified atom stereocenters. The summed E-state index contributed by atoms with van der Waals surface area (Å²) in [4.78, 5) is 16.3. The van der Waals surface area contributed by atoms with E-state index in [1.165, 1.54) is 25.4 Å². The number of nitrogens with zero attached hydrogens (tertiary/aromatic N) is 1. The van der Waals surface area contributed by atoms with Crippen molar-refractivity contribution in [2.24, 2.45) is 5.92 Å². The summed E-state index contributed by atoms with van der Waals surface area (Å²) in [7, 11) is 1.41. The Balaban J connectivity index is 1.60. The van der Waals surface area contributed by atoms with Crippen molar-refractivity contribution < 1.29 is 18.7 Å². The molecule has 1 aromatic heterocycles. The maximum atomic E-state index is 13.7. The van der Waals surface area contributed by atoms with Crippen LogP contribution < -0.4 is 14.8 Å². The highest BCUT2D eigenvalue weighted by atomic mass is 79.9. The van der Waals surface area contributed by atoms with Crippen molar-refractivity contribution in [2.45, 2.75) is 24.4 Å². The average Bonchev–Trinajstić information content (AvgIpc) is 3.45. The molecule has 1 aliphatic carbocycles. The van der Waals surface area contributed by atoms with Gasteiger partial charge in [-0.3, -0.25) is 9.78 Å². The summed E-state index contributed by atoms with van der Waals surface area (Å²) in [6, 6.07) is 6.21. The van der Waals surface area contributed by atoms with Gasteiger partial charge in [0.05, 0.1) is 18.9 Å². The second-order valence-corrected chi connectivity index (χ2v) is 6.77. The highest BCUT2D eigenvalue weighted by Crippen LogP contribution is 2.37. The van der Waals surface area contributed by atoms with Crippen LogP contribution in [0.4, 0.5) is 4.39 Å². The Morgan fingerprint density at radius 1 is 1.40 bits per heavy atom. The van der Waals surface area contributed by atoms with Crippen molar-refractivity contribution in [2.75, 3.05) is 7.11 Å². The largest absolute Gasteiger partial charge is 0.494 e. The molecule has 0 saturated heterocycles. The smallest absolute Gasteiger partial charge is 0.253 e. The number of pyridine rings is 1. The number of methoxy groups -OCH3 is 1. The van der Waals surface area contributed by atoms with E-state index in [0.29, 0.717) is 22.8 Å². The van der Waals surface area contributed by atoms with E-state index in [-0.39, 0.29) is 23.2 Å². The van der Waals surface area contributed by atoms with Gasteiger partial charge < -0.3 is 14.8 Å². The second-order valence-electron chi connectivity index (χ2n) is 5.87. The van der Waals surface area contributed by atoms with Crippen molar-refractivity contribution in [3.8, 4) is 11.5 Å². The summed E-state index contributed by atoms with van der Waals surface area (Å²) in [6.07, 6.45) is 5.33. The van der Waals surface area contributed by atoms with Crippen molar-refractivity contribution in [1.82, 2.24) is 10.3 Å². The Labute approximate surface area is 153 Å². The van der Waals surface area contributed by atoms with Crippen LogP contribution in [0.5, 0.6) is 11.5 Å². The van der Waals surface area contributed by atoms with Gasteiger partial charge in [0.2, 0.25) is 0 Å². The van der Waals surface area contributed by atoms with E-state index < -0.39 is 5.82 Å². The van der Waals surface area contributed by atoms with Crippen molar-refractivity contribution >= 4 is 21.8 Å². The molecule has 0 bridgehead atoms. The number of carbonyl (C=O) groups is 1. The molecule has 1 aliphatic rings. The number of benzene rings is 1. The number of hydrogen-bond acceptors (Lipinski definition) is 4. The topological polar surface area (TPSA) is 60.5 Å². The second kappa shape index (κ2) is 7.82. The molecule has 3 rings (SSSR count). The van der Waals surface area contributed by atoms with E-state index >= 15 is 0 Å². The van der Waals surface area contributed by atoms with Crippen molar-refractivity contribution in [3.05, 3.63) is 53.6 Å². The van der Waals surface area contributed by atoms with Crippen molar-refractivity contribution in [1.29, 1.82) is 0 Å². The fourth-order valence-electron chi connectivity index (χ4n) is 2.30. The molecule has 25 heavy (non-hydrogen) atoms. The molecule has 132 valence electrons. The van der Waals surface area contributed by atoms with E-state index in [9.17, 15) is 9.18 Å². The molecule has 0 aliphatic heterocycles. The minimum Gasteiger partial charge on any atom is -0.494 e. The third-order valence-electron chi connectivity index (χ3n) is 3.89. The SMILES string of the molecule is COc1ccc(CNC(=O)c2cncc(OC(Br)C3CC3)c2)cc1F. The number of aromatic nitrogens is 1. The third kappa shape index (κ3) is 4.69. The van der Waals surface area contributed by atoms with Crippen LogP contribution in [0.1, 0.15) is 28.8 Å². The molecular weight excluding hydrogens is 391 g/mol. The van der Waals surface area contributed by atoms with Crippen LogP contribution in [0.3, 0.4) is 0 Å². The number of rotatable bonds is 7. The van der Waals surface area contributed by atoms with Gasteiger partial charge in [0, 0.05) is 18.7 Å². The van der Waals surface area contributed by atoms with Gasteiger partial charge in [-0.1, -0.05) is 6.07 Å². The fraction of sp³-hybridized carbons (Fsp3) is 0.333.